The van der Waals surface area contributed by atoms with Gasteiger partial charge in [-0.2, -0.15) is 15.0 Å². The highest BCUT2D eigenvalue weighted by molar-refractivity contribution is 5.82. The zero-order valence-corrected chi connectivity index (χ0v) is 18.1. The summed E-state index contributed by atoms with van der Waals surface area (Å²) in [5, 5.41) is 11.1. The van der Waals surface area contributed by atoms with Crippen LogP contribution in [0.2, 0.25) is 0 Å². The number of hydrogen-bond acceptors (Lipinski definition) is 8. The van der Waals surface area contributed by atoms with Crippen molar-refractivity contribution >= 4 is 28.8 Å². The number of anilines is 2. The minimum absolute atomic E-state index is 0.0651. The number of morpholine rings is 1. The monoisotopic (exact) mass is 483 g/mol. The lowest BCUT2D eigenvalue weighted by Gasteiger charge is -2.27. The quantitative estimate of drug-likeness (QED) is 0.420. The van der Waals surface area contributed by atoms with Gasteiger partial charge in [-0.3, -0.25) is 9.88 Å². The molecule has 180 valence electrons. The largest absolute Gasteiger partial charge is 0.465 e. The minimum atomic E-state index is -2.87. The predicted molar refractivity (Wildman–Crippen MR) is 121 cm³/mol. The fraction of sp³-hybridized carbons (Fsp3) is 0.227. The Morgan fingerprint density at radius 1 is 1.00 bits per heavy atom. The fourth-order valence-electron chi connectivity index (χ4n) is 3.62. The average Bonchev–Trinajstić information content (AvgIpc) is 3.25. The summed E-state index contributed by atoms with van der Waals surface area (Å²) in [6.45, 7) is 1.94. The molecule has 11 nitrogen and oxygen atoms in total. The van der Waals surface area contributed by atoms with E-state index in [-0.39, 0.29) is 17.9 Å². The van der Waals surface area contributed by atoms with Crippen molar-refractivity contribution in [3.63, 3.8) is 0 Å². The number of carboxylic acid groups (broad SMARTS) is 1. The molecule has 0 bridgehead atoms. The summed E-state index contributed by atoms with van der Waals surface area (Å²) in [5.41, 5.74) is 1.14. The zero-order valence-electron chi connectivity index (χ0n) is 18.1. The number of nitrogens with one attached hydrogen (secondary N) is 1. The highest BCUT2D eigenvalue weighted by atomic mass is 19.3. The van der Waals surface area contributed by atoms with E-state index in [0.717, 1.165) is 0 Å². The highest BCUT2D eigenvalue weighted by Gasteiger charge is 2.24. The third-order valence-corrected chi connectivity index (χ3v) is 5.18. The van der Waals surface area contributed by atoms with Crippen LogP contribution in [0.1, 0.15) is 12.2 Å². The molecule has 2 N–H and O–H groups in total. The Labute approximate surface area is 197 Å². The van der Waals surface area contributed by atoms with Crippen LogP contribution in [0, 0.1) is 0 Å². The molecule has 0 spiro atoms. The maximum Gasteiger partial charge on any atom is 0.409 e. The first-order valence-electron chi connectivity index (χ1n) is 10.6. The van der Waals surface area contributed by atoms with Gasteiger partial charge in [-0.1, -0.05) is 12.1 Å². The first kappa shape index (κ1) is 22.4. The molecule has 35 heavy (non-hydrogen) atoms. The van der Waals surface area contributed by atoms with E-state index in [0.29, 0.717) is 48.8 Å². The number of rotatable bonds is 6. The van der Waals surface area contributed by atoms with Gasteiger partial charge >= 0.3 is 12.1 Å². The van der Waals surface area contributed by atoms with Crippen LogP contribution in [0.5, 0.6) is 11.8 Å². The van der Waals surface area contributed by atoms with Gasteiger partial charge in [0.15, 0.2) is 5.82 Å². The second kappa shape index (κ2) is 9.46. The highest BCUT2D eigenvalue weighted by Crippen LogP contribution is 2.29. The summed E-state index contributed by atoms with van der Waals surface area (Å²) < 4.78 is 40.2. The standard InChI is InChI=1S/C22H19F2N7O4/c23-17(24)18-26-15-3-1-2-4-16(15)31(18)20-27-19(30-9-11-34-12-10-30)28-21(29-20)35-14-7-5-13(6-8-14)25-22(32)33/h1-8,17,25H,9-12H2,(H,32,33). The third kappa shape index (κ3) is 4.80. The Bertz CT molecular complexity index is 1360. The summed E-state index contributed by atoms with van der Waals surface area (Å²) >= 11 is 0. The predicted octanol–water partition coefficient (Wildman–Crippen LogP) is 3.87. The molecule has 0 unspecified atom stereocenters. The normalized spacial score (nSPS) is 13.9. The minimum Gasteiger partial charge on any atom is -0.465 e. The molecular weight excluding hydrogens is 464 g/mol. The summed E-state index contributed by atoms with van der Waals surface area (Å²) in [6, 6.07) is 12.7. The molecule has 0 atom stereocenters. The number of nitrogens with zero attached hydrogens (tertiary/aromatic N) is 6. The molecule has 2 aromatic heterocycles. The van der Waals surface area contributed by atoms with Crippen LogP contribution in [0.4, 0.5) is 25.2 Å². The topological polar surface area (TPSA) is 128 Å². The maximum absolute atomic E-state index is 13.9. The molecule has 4 aromatic rings. The number of aromatic nitrogens is 5. The van der Waals surface area contributed by atoms with Gasteiger partial charge in [0, 0.05) is 18.8 Å². The van der Waals surface area contributed by atoms with Crippen molar-refractivity contribution < 1.29 is 28.2 Å². The molecule has 13 heteroatoms. The van der Waals surface area contributed by atoms with Crippen LogP contribution in [0.25, 0.3) is 17.0 Å². The van der Waals surface area contributed by atoms with E-state index in [2.05, 4.69) is 25.3 Å². The van der Waals surface area contributed by atoms with Crippen molar-refractivity contribution in [1.82, 2.24) is 24.5 Å². The van der Waals surface area contributed by atoms with Crippen LogP contribution in [-0.4, -0.2) is 62.0 Å². The fourth-order valence-corrected chi connectivity index (χ4v) is 3.62. The second-order valence-electron chi connectivity index (χ2n) is 7.47. The molecule has 3 heterocycles. The average molecular weight is 483 g/mol. The van der Waals surface area contributed by atoms with Gasteiger partial charge in [0.1, 0.15) is 5.75 Å². The van der Waals surface area contributed by atoms with Gasteiger partial charge < -0.3 is 19.5 Å². The van der Waals surface area contributed by atoms with E-state index < -0.39 is 18.3 Å². The zero-order chi connectivity index (χ0) is 24.4. The number of alkyl halides is 2. The summed E-state index contributed by atoms with van der Waals surface area (Å²) in [5.74, 6) is -0.00363. The van der Waals surface area contributed by atoms with Crippen molar-refractivity contribution in [1.29, 1.82) is 0 Å². The molecule has 0 radical (unpaired) electrons. The molecule has 1 aliphatic rings. The number of benzene rings is 2. The molecule has 1 amide bonds. The van der Waals surface area contributed by atoms with Crippen LogP contribution in [0.15, 0.2) is 48.5 Å². The Kier molecular flexibility index (Phi) is 6.06. The Hall–Kier alpha value is -4.39. The lowest BCUT2D eigenvalue weighted by atomic mass is 10.3. The number of carbonyl (C=O) groups is 1. The third-order valence-electron chi connectivity index (χ3n) is 5.18. The van der Waals surface area contributed by atoms with Crippen LogP contribution in [0.3, 0.4) is 0 Å². The van der Waals surface area contributed by atoms with Gasteiger partial charge in [-0.25, -0.2) is 18.6 Å². The number of amides is 1. The molecule has 0 aliphatic carbocycles. The van der Waals surface area contributed by atoms with Gasteiger partial charge in [0.25, 0.3) is 6.43 Å². The van der Waals surface area contributed by atoms with Crippen molar-refractivity contribution in [3.8, 4) is 17.7 Å². The van der Waals surface area contributed by atoms with Crippen molar-refractivity contribution in [2.75, 3.05) is 36.5 Å². The Balaban J connectivity index is 1.58. The molecule has 2 aromatic carbocycles. The van der Waals surface area contributed by atoms with E-state index >= 15 is 0 Å². The summed E-state index contributed by atoms with van der Waals surface area (Å²) in [7, 11) is 0. The van der Waals surface area contributed by atoms with Crippen molar-refractivity contribution in [2.45, 2.75) is 6.43 Å². The Morgan fingerprint density at radius 3 is 2.43 bits per heavy atom. The van der Waals surface area contributed by atoms with E-state index in [1.54, 1.807) is 24.3 Å². The van der Waals surface area contributed by atoms with Crippen molar-refractivity contribution in [2.24, 2.45) is 0 Å². The number of para-hydroxylation sites is 2. The molecule has 0 saturated carbocycles. The Morgan fingerprint density at radius 2 is 1.71 bits per heavy atom. The van der Waals surface area contributed by atoms with Crippen molar-refractivity contribution in [3.05, 3.63) is 54.4 Å². The van der Waals surface area contributed by atoms with Crippen LogP contribution < -0.4 is 15.0 Å². The lowest BCUT2D eigenvalue weighted by molar-refractivity contribution is 0.122. The van der Waals surface area contributed by atoms with Crippen LogP contribution >= 0.6 is 0 Å². The van der Waals surface area contributed by atoms with E-state index in [4.69, 9.17) is 14.6 Å². The SMILES string of the molecule is O=C(O)Nc1ccc(Oc2nc(N3CCOCC3)nc(-n3c(C(F)F)nc4ccccc43)n2)cc1. The molecular formula is C22H19F2N7O4. The number of ether oxygens (including phenoxy) is 2. The van der Waals surface area contributed by atoms with E-state index in [1.165, 1.54) is 28.8 Å². The number of hydrogen-bond donors (Lipinski definition) is 2. The van der Waals surface area contributed by atoms with Gasteiger partial charge in [0.2, 0.25) is 11.9 Å². The lowest BCUT2D eigenvalue weighted by Crippen LogP contribution is -2.37. The van der Waals surface area contributed by atoms with Gasteiger partial charge in [-0.05, 0) is 36.4 Å². The molecule has 1 fully saturated rings. The molecule has 1 aliphatic heterocycles. The van der Waals surface area contributed by atoms with Crippen LogP contribution in [-0.2, 0) is 4.74 Å². The summed E-state index contributed by atoms with van der Waals surface area (Å²) in [4.78, 5) is 29.9. The van der Waals surface area contributed by atoms with E-state index in [1.807, 2.05) is 4.90 Å². The number of halogens is 2. The first-order chi connectivity index (χ1) is 17.0. The number of imidazole rings is 1. The second-order valence-corrected chi connectivity index (χ2v) is 7.47. The maximum atomic E-state index is 13.9. The number of fused-ring (bicyclic) bond motifs is 1. The first-order valence-corrected chi connectivity index (χ1v) is 10.6. The smallest absolute Gasteiger partial charge is 0.409 e. The van der Waals surface area contributed by atoms with Gasteiger partial charge in [-0.15, -0.1) is 0 Å². The summed E-state index contributed by atoms with van der Waals surface area (Å²) in [6.07, 6.45) is -4.07. The molecule has 5 rings (SSSR count). The van der Waals surface area contributed by atoms with E-state index in [9.17, 15) is 13.6 Å². The molecule has 1 saturated heterocycles. The van der Waals surface area contributed by atoms with Gasteiger partial charge in [0.05, 0.1) is 24.2 Å².